The molecule has 3 rings (SSSR count). The lowest BCUT2D eigenvalue weighted by molar-refractivity contribution is 0.727. The summed E-state index contributed by atoms with van der Waals surface area (Å²) in [5, 5.41) is 0. The van der Waals surface area contributed by atoms with E-state index in [9.17, 15) is 0 Å². The molecule has 0 amide bonds. The van der Waals surface area contributed by atoms with Crippen molar-refractivity contribution in [3.63, 3.8) is 0 Å². The summed E-state index contributed by atoms with van der Waals surface area (Å²) in [7, 11) is 0. The first-order chi connectivity index (χ1) is 12.2. The molecular formula is C23H22N2. The van der Waals surface area contributed by atoms with E-state index in [1.165, 1.54) is 11.1 Å². The summed E-state index contributed by atoms with van der Waals surface area (Å²) in [6, 6.07) is 24.9. The summed E-state index contributed by atoms with van der Waals surface area (Å²) in [4.78, 5) is 9.35. The third-order valence-corrected chi connectivity index (χ3v) is 4.13. The SMILES string of the molecule is C=Cc1ccc([C@H](Cc2ccccc2)N=Cc2cccc(C)n2)cc1. The van der Waals surface area contributed by atoms with Gasteiger partial charge in [-0.25, -0.2) is 0 Å². The first kappa shape index (κ1) is 16.8. The first-order valence-corrected chi connectivity index (χ1v) is 8.48. The van der Waals surface area contributed by atoms with Crippen molar-refractivity contribution in [1.29, 1.82) is 0 Å². The Morgan fingerprint density at radius 3 is 2.40 bits per heavy atom. The van der Waals surface area contributed by atoms with Crippen LogP contribution < -0.4 is 0 Å². The molecule has 2 aromatic carbocycles. The Hall–Kier alpha value is -3.00. The highest BCUT2D eigenvalue weighted by molar-refractivity contribution is 5.77. The van der Waals surface area contributed by atoms with Gasteiger partial charge in [0.05, 0.1) is 11.7 Å². The summed E-state index contributed by atoms with van der Waals surface area (Å²) in [5.74, 6) is 0. The predicted octanol–water partition coefficient (Wildman–Crippen LogP) is 5.44. The second kappa shape index (κ2) is 8.20. The van der Waals surface area contributed by atoms with E-state index >= 15 is 0 Å². The highest BCUT2D eigenvalue weighted by Crippen LogP contribution is 2.23. The van der Waals surface area contributed by atoms with Gasteiger partial charge in [-0.05, 0) is 42.2 Å². The van der Waals surface area contributed by atoms with Crippen LogP contribution in [0.25, 0.3) is 6.08 Å². The molecule has 0 aliphatic rings. The van der Waals surface area contributed by atoms with Crippen molar-refractivity contribution in [2.45, 2.75) is 19.4 Å². The summed E-state index contributed by atoms with van der Waals surface area (Å²) >= 11 is 0. The molecule has 0 unspecified atom stereocenters. The van der Waals surface area contributed by atoms with Crippen LogP contribution in [0.2, 0.25) is 0 Å². The van der Waals surface area contributed by atoms with Crippen molar-refractivity contribution in [3.8, 4) is 0 Å². The van der Waals surface area contributed by atoms with Crippen LogP contribution >= 0.6 is 0 Å². The molecule has 1 atom stereocenters. The fourth-order valence-electron chi connectivity index (χ4n) is 2.75. The number of aliphatic imine (C=N–C) groups is 1. The van der Waals surface area contributed by atoms with E-state index in [-0.39, 0.29) is 6.04 Å². The van der Waals surface area contributed by atoms with E-state index in [2.05, 4.69) is 60.1 Å². The second-order valence-electron chi connectivity index (χ2n) is 6.06. The van der Waals surface area contributed by atoms with Gasteiger partial charge in [0.25, 0.3) is 0 Å². The predicted molar refractivity (Wildman–Crippen MR) is 106 cm³/mol. The monoisotopic (exact) mass is 326 g/mol. The van der Waals surface area contributed by atoms with Crippen LogP contribution in [0.4, 0.5) is 0 Å². The number of benzene rings is 2. The number of aromatic nitrogens is 1. The van der Waals surface area contributed by atoms with Crippen LogP contribution in [0.1, 0.15) is 34.1 Å². The number of hydrogen-bond acceptors (Lipinski definition) is 2. The molecule has 1 aromatic heterocycles. The maximum absolute atomic E-state index is 4.84. The zero-order valence-corrected chi connectivity index (χ0v) is 14.5. The van der Waals surface area contributed by atoms with Crippen LogP contribution in [0, 0.1) is 6.92 Å². The van der Waals surface area contributed by atoms with Gasteiger partial charge in [-0.2, -0.15) is 0 Å². The zero-order chi connectivity index (χ0) is 17.5. The molecule has 0 spiro atoms. The minimum atomic E-state index is 0.0589. The van der Waals surface area contributed by atoms with E-state index in [1.807, 2.05) is 43.5 Å². The lowest BCUT2D eigenvalue weighted by atomic mass is 9.98. The van der Waals surface area contributed by atoms with E-state index in [4.69, 9.17) is 4.99 Å². The smallest absolute Gasteiger partial charge is 0.0811 e. The lowest BCUT2D eigenvalue weighted by Gasteiger charge is -2.13. The fraction of sp³-hybridized carbons (Fsp3) is 0.130. The van der Waals surface area contributed by atoms with Gasteiger partial charge < -0.3 is 0 Å². The Morgan fingerprint density at radius 2 is 1.72 bits per heavy atom. The molecule has 124 valence electrons. The Balaban J connectivity index is 1.88. The normalized spacial score (nSPS) is 12.2. The molecule has 3 aromatic rings. The maximum atomic E-state index is 4.84. The van der Waals surface area contributed by atoms with E-state index < -0.39 is 0 Å². The molecule has 0 bridgehead atoms. The maximum Gasteiger partial charge on any atom is 0.0811 e. The molecule has 1 heterocycles. The minimum absolute atomic E-state index is 0.0589. The van der Waals surface area contributed by atoms with Crippen molar-refractivity contribution in [2.24, 2.45) is 4.99 Å². The van der Waals surface area contributed by atoms with Crippen molar-refractivity contribution in [3.05, 3.63) is 107 Å². The Morgan fingerprint density at radius 1 is 0.960 bits per heavy atom. The van der Waals surface area contributed by atoms with Gasteiger partial charge in [0, 0.05) is 11.9 Å². The average molecular weight is 326 g/mol. The third kappa shape index (κ3) is 4.74. The van der Waals surface area contributed by atoms with Gasteiger partial charge in [-0.3, -0.25) is 9.98 Å². The first-order valence-electron chi connectivity index (χ1n) is 8.48. The summed E-state index contributed by atoms with van der Waals surface area (Å²) < 4.78 is 0. The standard InChI is InChI=1S/C23H22N2/c1-3-19-12-14-21(15-13-19)23(16-20-9-5-4-6-10-20)24-17-22-11-7-8-18(2)25-22/h3-15,17,23H,1,16H2,2H3/t23-/m0/s1. The van der Waals surface area contributed by atoms with Crippen molar-refractivity contribution in [2.75, 3.05) is 0 Å². The van der Waals surface area contributed by atoms with Crippen LogP contribution in [0.5, 0.6) is 0 Å². The van der Waals surface area contributed by atoms with E-state index in [0.29, 0.717) is 0 Å². The number of nitrogens with zero attached hydrogens (tertiary/aromatic N) is 2. The number of pyridine rings is 1. The lowest BCUT2D eigenvalue weighted by Crippen LogP contribution is -2.02. The Bertz CT molecular complexity index is 849. The van der Waals surface area contributed by atoms with Crippen molar-refractivity contribution >= 4 is 12.3 Å². The Kier molecular flexibility index (Phi) is 5.53. The van der Waals surface area contributed by atoms with Crippen LogP contribution in [-0.4, -0.2) is 11.2 Å². The molecule has 0 N–H and O–H groups in total. The number of rotatable bonds is 6. The molecular weight excluding hydrogens is 304 g/mol. The van der Waals surface area contributed by atoms with Crippen LogP contribution in [0.3, 0.4) is 0 Å². The number of aryl methyl sites for hydroxylation is 1. The second-order valence-corrected chi connectivity index (χ2v) is 6.06. The van der Waals surface area contributed by atoms with Gasteiger partial charge in [-0.1, -0.05) is 73.3 Å². The molecule has 25 heavy (non-hydrogen) atoms. The summed E-state index contributed by atoms with van der Waals surface area (Å²) in [6.07, 6.45) is 4.59. The molecule has 0 radical (unpaired) electrons. The van der Waals surface area contributed by atoms with E-state index in [0.717, 1.165) is 23.4 Å². The highest BCUT2D eigenvalue weighted by atomic mass is 14.8. The molecule has 2 nitrogen and oxygen atoms in total. The Labute approximate surface area is 149 Å². The van der Waals surface area contributed by atoms with Gasteiger partial charge in [0.1, 0.15) is 0 Å². The largest absolute Gasteiger partial charge is 0.283 e. The molecule has 0 saturated heterocycles. The highest BCUT2D eigenvalue weighted by Gasteiger charge is 2.10. The quantitative estimate of drug-likeness (QED) is 0.554. The van der Waals surface area contributed by atoms with E-state index in [1.54, 1.807) is 0 Å². The molecule has 0 fully saturated rings. The van der Waals surface area contributed by atoms with Crippen LogP contribution in [-0.2, 0) is 6.42 Å². The third-order valence-electron chi connectivity index (χ3n) is 4.13. The number of hydrogen-bond donors (Lipinski definition) is 0. The molecule has 0 saturated carbocycles. The average Bonchev–Trinajstić information content (AvgIpc) is 2.66. The van der Waals surface area contributed by atoms with Gasteiger partial charge in [0.15, 0.2) is 0 Å². The molecule has 0 aliphatic heterocycles. The topological polar surface area (TPSA) is 25.2 Å². The summed E-state index contributed by atoms with van der Waals surface area (Å²) in [6.45, 7) is 5.81. The zero-order valence-electron chi connectivity index (χ0n) is 14.5. The minimum Gasteiger partial charge on any atom is -0.283 e. The molecule has 0 aliphatic carbocycles. The molecule has 2 heteroatoms. The summed E-state index contributed by atoms with van der Waals surface area (Å²) in [5.41, 5.74) is 5.47. The van der Waals surface area contributed by atoms with Gasteiger partial charge in [-0.15, -0.1) is 0 Å². The van der Waals surface area contributed by atoms with Gasteiger partial charge >= 0.3 is 0 Å². The fourth-order valence-corrected chi connectivity index (χ4v) is 2.75. The van der Waals surface area contributed by atoms with Crippen molar-refractivity contribution in [1.82, 2.24) is 4.98 Å². The van der Waals surface area contributed by atoms with Crippen LogP contribution in [0.15, 0.2) is 84.4 Å². The van der Waals surface area contributed by atoms with Crippen molar-refractivity contribution < 1.29 is 0 Å². The van der Waals surface area contributed by atoms with Gasteiger partial charge in [0.2, 0.25) is 0 Å².